The number of amides is 2. The molecule has 28 heavy (non-hydrogen) atoms. The smallest absolute Gasteiger partial charge is 0.265 e. The number of aromatic nitrogens is 1. The molecule has 2 aromatic rings. The van der Waals surface area contributed by atoms with E-state index in [0.717, 1.165) is 29.1 Å². The molecule has 0 unspecified atom stereocenters. The highest BCUT2D eigenvalue weighted by Gasteiger charge is 2.35. The molecule has 3 rings (SSSR count). The average Bonchev–Trinajstić information content (AvgIpc) is 2.92. The minimum Gasteiger partial charge on any atom is -0.318 e. The number of carbonyl (C=O) groups excluding carboxylic acids is 2. The summed E-state index contributed by atoms with van der Waals surface area (Å²) in [6.07, 6.45) is 2.38. The van der Waals surface area contributed by atoms with Gasteiger partial charge in [0.15, 0.2) is 5.11 Å². The Balaban J connectivity index is 2.04. The molecule has 0 radical (unpaired) electrons. The number of hydrogen-bond acceptors (Lipinski definition) is 3. The van der Waals surface area contributed by atoms with E-state index in [0.29, 0.717) is 5.02 Å². The van der Waals surface area contributed by atoms with Gasteiger partial charge in [0.1, 0.15) is 5.57 Å². The van der Waals surface area contributed by atoms with Gasteiger partial charge >= 0.3 is 0 Å². The second kappa shape index (κ2) is 7.89. The van der Waals surface area contributed by atoms with Gasteiger partial charge in [-0.2, -0.15) is 0 Å². The quantitative estimate of drug-likeness (QED) is 0.463. The first-order chi connectivity index (χ1) is 13.2. The lowest BCUT2D eigenvalue weighted by Gasteiger charge is -2.33. The van der Waals surface area contributed by atoms with Crippen molar-refractivity contribution in [3.63, 3.8) is 0 Å². The zero-order valence-corrected chi connectivity index (χ0v) is 17.8. The molecule has 0 aliphatic carbocycles. The molecule has 7 heteroatoms. The summed E-state index contributed by atoms with van der Waals surface area (Å²) in [7, 11) is 0. The maximum atomic E-state index is 12.9. The third kappa shape index (κ3) is 3.62. The SMILES string of the molecule is CC[C@H](C)N1C(=O)/C(=C/c2cc(C)n(-c3ccc(Cl)cc3)c2C)C(=O)NC1=S. The molecule has 0 bridgehead atoms. The van der Waals surface area contributed by atoms with E-state index in [-0.39, 0.29) is 22.6 Å². The second-order valence-electron chi connectivity index (χ2n) is 6.89. The molecule has 1 fully saturated rings. The van der Waals surface area contributed by atoms with Gasteiger partial charge in [-0.15, -0.1) is 0 Å². The Morgan fingerprint density at radius 1 is 1.21 bits per heavy atom. The maximum absolute atomic E-state index is 12.9. The van der Waals surface area contributed by atoms with Gasteiger partial charge in [0.25, 0.3) is 11.8 Å². The topological polar surface area (TPSA) is 54.3 Å². The number of nitrogens with zero attached hydrogens (tertiary/aromatic N) is 2. The summed E-state index contributed by atoms with van der Waals surface area (Å²) in [5, 5.41) is 3.46. The first-order valence-electron chi connectivity index (χ1n) is 9.10. The summed E-state index contributed by atoms with van der Waals surface area (Å²) in [6, 6.07) is 9.39. The zero-order valence-electron chi connectivity index (χ0n) is 16.2. The number of aryl methyl sites for hydroxylation is 1. The van der Waals surface area contributed by atoms with E-state index < -0.39 is 5.91 Å². The molecular weight excluding hydrogens is 394 g/mol. The standard InChI is InChI=1S/C21H22ClN3O2S/c1-5-12(2)25-20(27)18(19(26)23-21(25)28)11-15-10-13(3)24(14(15)4)17-8-6-16(22)7-9-17/h6-12H,5H2,1-4H3,(H,23,26,28)/b18-11+/t12-/m0/s1. The van der Waals surface area contributed by atoms with Crippen molar-refractivity contribution in [2.45, 2.75) is 40.2 Å². The number of nitrogens with one attached hydrogen (secondary N) is 1. The highest BCUT2D eigenvalue weighted by atomic mass is 35.5. The average molecular weight is 416 g/mol. The van der Waals surface area contributed by atoms with Crippen molar-refractivity contribution in [3.8, 4) is 5.69 Å². The minimum atomic E-state index is -0.467. The van der Waals surface area contributed by atoms with E-state index in [2.05, 4.69) is 9.88 Å². The van der Waals surface area contributed by atoms with Crippen LogP contribution < -0.4 is 5.32 Å². The predicted molar refractivity (Wildman–Crippen MR) is 116 cm³/mol. The summed E-state index contributed by atoms with van der Waals surface area (Å²) in [6.45, 7) is 7.81. The van der Waals surface area contributed by atoms with Crippen LogP contribution in [0.25, 0.3) is 11.8 Å². The van der Waals surface area contributed by atoms with E-state index in [9.17, 15) is 9.59 Å². The third-order valence-corrected chi connectivity index (χ3v) is 5.57. The van der Waals surface area contributed by atoms with Gasteiger partial charge < -0.3 is 4.57 Å². The fourth-order valence-electron chi connectivity index (χ4n) is 3.33. The summed E-state index contributed by atoms with van der Waals surface area (Å²) >= 11 is 11.2. The van der Waals surface area contributed by atoms with Crippen molar-refractivity contribution < 1.29 is 9.59 Å². The Labute approximate surface area is 175 Å². The zero-order chi connectivity index (χ0) is 20.6. The number of carbonyl (C=O) groups is 2. The van der Waals surface area contributed by atoms with E-state index in [1.54, 1.807) is 6.08 Å². The van der Waals surface area contributed by atoms with Gasteiger partial charge in [0, 0.05) is 28.1 Å². The molecule has 0 spiro atoms. The molecule has 1 aromatic heterocycles. The molecule has 1 aromatic carbocycles. The van der Waals surface area contributed by atoms with Gasteiger partial charge in [0.05, 0.1) is 0 Å². The fourth-order valence-corrected chi connectivity index (χ4v) is 3.81. The summed E-state index contributed by atoms with van der Waals surface area (Å²) in [5.41, 5.74) is 3.78. The van der Waals surface area contributed by atoms with E-state index >= 15 is 0 Å². The van der Waals surface area contributed by atoms with Crippen LogP contribution in [-0.4, -0.2) is 32.4 Å². The summed E-state index contributed by atoms with van der Waals surface area (Å²) in [4.78, 5) is 26.9. The lowest BCUT2D eigenvalue weighted by molar-refractivity contribution is -0.130. The molecule has 2 amide bonds. The molecule has 1 N–H and O–H groups in total. The van der Waals surface area contributed by atoms with Crippen LogP contribution in [0.1, 0.15) is 37.2 Å². The van der Waals surface area contributed by atoms with E-state index in [1.165, 1.54) is 4.90 Å². The second-order valence-corrected chi connectivity index (χ2v) is 7.71. The van der Waals surface area contributed by atoms with Crippen LogP contribution in [0.5, 0.6) is 0 Å². The molecule has 1 aliphatic heterocycles. The molecule has 1 atom stereocenters. The Hall–Kier alpha value is -2.44. The number of benzene rings is 1. The largest absolute Gasteiger partial charge is 0.318 e. The normalized spacial score (nSPS) is 17.2. The molecule has 1 aliphatic rings. The van der Waals surface area contributed by atoms with Crippen LogP contribution in [-0.2, 0) is 9.59 Å². The van der Waals surface area contributed by atoms with Crippen LogP contribution >= 0.6 is 23.8 Å². The Kier molecular flexibility index (Phi) is 5.72. The Morgan fingerprint density at radius 3 is 2.46 bits per heavy atom. The van der Waals surface area contributed by atoms with Crippen LogP contribution in [0.3, 0.4) is 0 Å². The van der Waals surface area contributed by atoms with Crippen molar-refractivity contribution in [1.82, 2.24) is 14.8 Å². The van der Waals surface area contributed by atoms with Crippen molar-refractivity contribution in [2.75, 3.05) is 0 Å². The lowest BCUT2D eigenvalue weighted by Crippen LogP contribution is -2.56. The molecule has 146 valence electrons. The number of hydrogen-bond donors (Lipinski definition) is 1. The van der Waals surface area contributed by atoms with Gasteiger partial charge in [-0.3, -0.25) is 19.8 Å². The first-order valence-corrected chi connectivity index (χ1v) is 9.88. The van der Waals surface area contributed by atoms with Crippen LogP contribution in [0.2, 0.25) is 5.02 Å². The van der Waals surface area contributed by atoms with Gasteiger partial charge in [-0.25, -0.2) is 0 Å². The molecular formula is C21H22ClN3O2S. The Morgan fingerprint density at radius 2 is 1.86 bits per heavy atom. The van der Waals surface area contributed by atoms with Crippen LogP contribution in [0.15, 0.2) is 35.9 Å². The highest BCUT2D eigenvalue weighted by Crippen LogP contribution is 2.25. The number of rotatable bonds is 4. The molecule has 0 saturated carbocycles. The predicted octanol–water partition coefficient (Wildman–Crippen LogP) is 4.17. The highest BCUT2D eigenvalue weighted by molar-refractivity contribution is 7.80. The molecule has 2 heterocycles. The number of halogens is 1. The monoisotopic (exact) mass is 415 g/mol. The summed E-state index contributed by atoms with van der Waals surface area (Å²) in [5.74, 6) is -0.828. The molecule has 1 saturated heterocycles. The number of thiocarbonyl (C=S) groups is 1. The summed E-state index contributed by atoms with van der Waals surface area (Å²) < 4.78 is 2.06. The van der Waals surface area contributed by atoms with Crippen molar-refractivity contribution in [1.29, 1.82) is 0 Å². The lowest BCUT2D eigenvalue weighted by atomic mass is 10.1. The minimum absolute atomic E-state index is 0.0882. The maximum Gasteiger partial charge on any atom is 0.265 e. The van der Waals surface area contributed by atoms with Gasteiger partial charge in [0.2, 0.25) is 0 Å². The first kappa shape index (κ1) is 20.3. The van der Waals surface area contributed by atoms with E-state index in [1.807, 2.05) is 58.0 Å². The van der Waals surface area contributed by atoms with Crippen molar-refractivity contribution in [3.05, 3.63) is 57.9 Å². The van der Waals surface area contributed by atoms with Crippen molar-refractivity contribution >= 4 is 46.8 Å². The van der Waals surface area contributed by atoms with Crippen LogP contribution in [0.4, 0.5) is 0 Å². The van der Waals surface area contributed by atoms with Crippen molar-refractivity contribution in [2.24, 2.45) is 0 Å². The fraction of sp³-hybridized carbons (Fsp3) is 0.286. The van der Waals surface area contributed by atoms with E-state index in [4.69, 9.17) is 23.8 Å². The molecule has 5 nitrogen and oxygen atoms in total. The Bertz CT molecular complexity index is 992. The van der Waals surface area contributed by atoms with Gasteiger partial charge in [-0.05, 0) is 81.4 Å². The van der Waals surface area contributed by atoms with Crippen LogP contribution in [0, 0.1) is 13.8 Å². The van der Waals surface area contributed by atoms with Gasteiger partial charge in [-0.1, -0.05) is 18.5 Å². The third-order valence-electron chi connectivity index (χ3n) is 5.02.